The van der Waals surface area contributed by atoms with Gasteiger partial charge in [0.25, 0.3) is 0 Å². The lowest BCUT2D eigenvalue weighted by atomic mass is 9.91. The van der Waals surface area contributed by atoms with Crippen LogP contribution in [0.5, 0.6) is 0 Å². The SMILES string of the molecule is C=Nc1cccn1[C@H]1[C@H](O)[C@H](O)[C@@]2(CCc3ccc4cc(Cl)c(N)nc4c3)C[C@H]12. The third-order valence-electron chi connectivity index (χ3n) is 6.83. The summed E-state index contributed by atoms with van der Waals surface area (Å²) in [5.74, 6) is 1.28. The van der Waals surface area contributed by atoms with Crippen LogP contribution in [0.25, 0.3) is 10.9 Å². The molecule has 7 heteroatoms. The number of nitrogens with zero attached hydrogens (tertiary/aromatic N) is 3. The molecular formula is C22H23ClN4O2. The number of aryl methyl sites for hydroxylation is 1. The molecule has 0 radical (unpaired) electrons. The van der Waals surface area contributed by atoms with Gasteiger partial charge in [0.1, 0.15) is 17.7 Å². The molecule has 0 saturated heterocycles. The van der Waals surface area contributed by atoms with E-state index in [4.69, 9.17) is 17.3 Å². The molecule has 150 valence electrons. The number of hydrogen-bond donors (Lipinski definition) is 3. The number of rotatable bonds is 5. The molecular weight excluding hydrogens is 388 g/mol. The lowest BCUT2D eigenvalue weighted by molar-refractivity contribution is -0.0194. The zero-order valence-corrected chi connectivity index (χ0v) is 16.6. The molecule has 2 saturated carbocycles. The first-order valence-electron chi connectivity index (χ1n) is 9.79. The number of aromatic nitrogens is 2. The van der Waals surface area contributed by atoms with E-state index in [1.54, 1.807) is 0 Å². The van der Waals surface area contributed by atoms with Crippen LogP contribution in [-0.4, -0.2) is 38.7 Å². The predicted molar refractivity (Wildman–Crippen MR) is 115 cm³/mol. The number of aliphatic hydroxyl groups is 2. The van der Waals surface area contributed by atoms with Crippen molar-refractivity contribution in [1.82, 2.24) is 9.55 Å². The number of aliphatic hydroxyl groups excluding tert-OH is 2. The number of pyridine rings is 1. The number of nitrogen functional groups attached to an aromatic ring is 1. The Balaban J connectivity index is 1.37. The zero-order valence-electron chi connectivity index (χ0n) is 15.9. The van der Waals surface area contributed by atoms with Crippen LogP contribution in [0.4, 0.5) is 11.6 Å². The van der Waals surface area contributed by atoms with Crippen LogP contribution in [0.15, 0.2) is 47.6 Å². The third-order valence-corrected chi connectivity index (χ3v) is 7.14. The highest BCUT2D eigenvalue weighted by Crippen LogP contribution is 2.69. The van der Waals surface area contributed by atoms with E-state index in [0.717, 1.165) is 41.5 Å². The van der Waals surface area contributed by atoms with Crippen LogP contribution in [-0.2, 0) is 6.42 Å². The molecule has 3 aromatic rings. The number of halogens is 1. The highest BCUT2D eigenvalue weighted by molar-refractivity contribution is 6.33. The first-order chi connectivity index (χ1) is 13.9. The van der Waals surface area contributed by atoms with Crippen molar-refractivity contribution in [1.29, 1.82) is 0 Å². The lowest BCUT2D eigenvalue weighted by Crippen LogP contribution is -2.34. The second kappa shape index (κ2) is 6.55. The minimum atomic E-state index is -0.804. The van der Waals surface area contributed by atoms with Gasteiger partial charge in [0, 0.05) is 17.0 Å². The monoisotopic (exact) mass is 410 g/mol. The van der Waals surface area contributed by atoms with Gasteiger partial charge in [-0.25, -0.2) is 9.98 Å². The van der Waals surface area contributed by atoms with Crippen molar-refractivity contribution in [2.45, 2.75) is 37.5 Å². The Morgan fingerprint density at radius 3 is 2.93 bits per heavy atom. The fourth-order valence-corrected chi connectivity index (χ4v) is 5.37. The topological polar surface area (TPSA) is 96.7 Å². The van der Waals surface area contributed by atoms with Crippen molar-refractivity contribution in [3.05, 3.63) is 53.2 Å². The van der Waals surface area contributed by atoms with Gasteiger partial charge in [-0.1, -0.05) is 23.7 Å². The van der Waals surface area contributed by atoms with E-state index >= 15 is 0 Å². The fourth-order valence-electron chi connectivity index (χ4n) is 5.22. The fraction of sp³-hybridized carbons (Fsp3) is 0.364. The molecule has 5 atom stereocenters. The maximum Gasteiger partial charge on any atom is 0.142 e. The number of benzene rings is 1. The standard InChI is InChI=1S/C22H23ClN4O2/c1-25-17-3-2-8-27(17)18-14-11-22(14,20(29)19(18)28)7-6-12-4-5-13-10-15(23)21(24)26-16(13)9-12/h2-5,8-10,14,18-20,28-29H,1,6-7,11H2,(H2,24,26)/t14-,18-,19+,20+,22+/m1/s1. The van der Waals surface area contributed by atoms with E-state index in [0.29, 0.717) is 10.8 Å². The van der Waals surface area contributed by atoms with Gasteiger partial charge in [0.15, 0.2) is 0 Å². The van der Waals surface area contributed by atoms with Crippen LogP contribution < -0.4 is 5.73 Å². The first kappa shape index (κ1) is 18.6. The molecule has 2 fully saturated rings. The summed E-state index contributed by atoms with van der Waals surface area (Å²) in [5, 5.41) is 23.0. The van der Waals surface area contributed by atoms with E-state index in [1.807, 2.05) is 41.1 Å². The molecule has 5 rings (SSSR count). The average molecular weight is 411 g/mol. The molecule has 0 aliphatic heterocycles. The summed E-state index contributed by atoms with van der Waals surface area (Å²) in [7, 11) is 0. The molecule has 2 aliphatic rings. The van der Waals surface area contributed by atoms with Crippen molar-refractivity contribution >= 4 is 40.9 Å². The van der Waals surface area contributed by atoms with Crippen molar-refractivity contribution in [2.75, 3.05) is 5.73 Å². The van der Waals surface area contributed by atoms with Gasteiger partial charge in [-0.15, -0.1) is 0 Å². The lowest BCUT2D eigenvalue weighted by Gasteiger charge is -2.25. The Kier molecular flexibility index (Phi) is 4.21. The predicted octanol–water partition coefficient (Wildman–Crippen LogP) is 3.52. The zero-order chi connectivity index (χ0) is 20.3. The van der Waals surface area contributed by atoms with Gasteiger partial charge in [0.2, 0.25) is 0 Å². The third kappa shape index (κ3) is 2.78. The molecule has 1 aromatic carbocycles. The van der Waals surface area contributed by atoms with E-state index in [1.165, 1.54) is 0 Å². The average Bonchev–Trinajstić information content (AvgIpc) is 3.15. The van der Waals surface area contributed by atoms with Crippen LogP contribution >= 0.6 is 11.6 Å². The van der Waals surface area contributed by atoms with Crippen molar-refractivity contribution < 1.29 is 10.2 Å². The molecule has 6 nitrogen and oxygen atoms in total. The Morgan fingerprint density at radius 1 is 1.31 bits per heavy atom. The second-order valence-electron chi connectivity index (χ2n) is 8.28. The van der Waals surface area contributed by atoms with Crippen molar-refractivity contribution in [3.8, 4) is 0 Å². The molecule has 4 N–H and O–H groups in total. The van der Waals surface area contributed by atoms with Crippen molar-refractivity contribution in [3.63, 3.8) is 0 Å². The van der Waals surface area contributed by atoms with Crippen LogP contribution in [0.3, 0.4) is 0 Å². The number of anilines is 1. The number of nitrogens with two attached hydrogens (primary N) is 1. The van der Waals surface area contributed by atoms with Gasteiger partial charge >= 0.3 is 0 Å². The Labute approximate surface area is 173 Å². The summed E-state index contributed by atoms with van der Waals surface area (Å²) in [4.78, 5) is 8.41. The second-order valence-corrected chi connectivity index (χ2v) is 8.69. The normalized spacial score (nSPS) is 30.4. The quantitative estimate of drug-likeness (QED) is 0.560. The minimum Gasteiger partial charge on any atom is -0.390 e. The smallest absolute Gasteiger partial charge is 0.142 e. The maximum absolute atomic E-state index is 10.9. The summed E-state index contributed by atoms with van der Waals surface area (Å²) in [5.41, 5.74) is 7.53. The number of fused-ring (bicyclic) bond motifs is 2. The van der Waals surface area contributed by atoms with E-state index in [-0.39, 0.29) is 17.4 Å². The summed E-state index contributed by atoms with van der Waals surface area (Å²) in [6.07, 6.45) is 2.86. The van der Waals surface area contributed by atoms with Gasteiger partial charge in [-0.2, -0.15) is 0 Å². The van der Waals surface area contributed by atoms with Crippen LogP contribution in [0, 0.1) is 11.3 Å². The van der Waals surface area contributed by atoms with Gasteiger partial charge in [-0.3, -0.25) is 0 Å². The highest BCUT2D eigenvalue weighted by atomic mass is 35.5. The Bertz CT molecular complexity index is 1110. The first-order valence-corrected chi connectivity index (χ1v) is 10.2. The number of hydrogen-bond acceptors (Lipinski definition) is 5. The Hall–Kier alpha value is -2.41. The minimum absolute atomic E-state index is 0.166. The molecule has 0 spiro atoms. The van der Waals surface area contributed by atoms with Gasteiger partial charge < -0.3 is 20.5 Å². The van der Waals surface area contributed by atoms with E-state index in [9.17, 15) is 10.2 Å². The highest BCUT2D eigenvalue weighted by Gasteiger charge is 2.70. The largest absolute Gasteiger partial charge is 0.390 e. The molecule has 0 unspecified atom stereocenters. The molecule has 2 heterocycles. The summed E-state index contributed by atoms with van der Waals surface area (Å²) >= 11 is 6.05. The molecule has 29 heavy (non-hydrogen) atoms. The van der Waals surface area contributed by atoms with Gasteiger partial charge in [-0.05, 0) is 61.7 Å². The Morgan fingerprint density at radius 2 is 2.14 bits per heavy atom. The molecule has 0 amide bonds. The van der Waals surface area contributed by atoms with Crippen LogP contribution in [0.2, 0.25) is 5.02 Å². The molecule has 2 aromatic heterocycles. The molecule has 0 bridgehead atoms. The van der Waals surface area contributed by atoms with E-state index < -0.39 is 12.2 Å². The summed E-state index contributed by atoms with van der Waals surface area (Å²) in [6.45, 7) is 3.61. The van der Waals surface area contributed by atoms with Crippen molar-refractivity contribution in [2.24, 2.45) is 16.3 Å². The molecule has 2 aliphatic carbocycles. The summed E-state index contributed by atoms with van der Waals surface area (Å²) in [6, 6.07) is 11.5. The van der Waals surface area contributed by atoms with E-state index in [2.05, 4.69) is 22.8 Å². The van der Waals surface area contributed by atoms with Gasteiger partial charge in [0.05, 0.1) is 22.7 Å². The number of aliphatic imine (C=N–C) groups is 1. The summed E-state index contributed by atoms with van der Waals surface area (Å²) < 4.78 is 1.95. The maximum atomic E-state index is 10.9. The van der Waals surface area contributed by atoms with Crippen LogP contribution in [0.1, 0.15) is 24.4 Å².